The Hall–Kier alpha value is -0.0800. The zero-order valence-corrected chi connectivity index (χ0v) is 15.0. The summed E-state index contributed by atoms with van der Waals surface area (Å²) in [5, 5.41) is 2.04. The second-order valence-electron chi connectivity index (χ2n) is 6.63. The lowest BCUT2D eigenvalue weighted by Gasteiger charge is -2.15. The van der Waals surface area contributed by atoms with Crippen molar-refractivity contribution < 1.29 is 0 Å². The molecule has 0 aromatic carbocycles. The van der Waals surface area contributed by atoms with Gasteiger partial charge in [-0.05, 0) is 12.8 Å². The fourth-order valence-electron chi connectivity index (χ4n) is 2.83. The summed E-state index contributed by atoms with van der Waals surface area (Å²) in [6.07, 6.45) is 20.7. The highest BCUT2D eigenvalue weighted by Crippen LogP contribution is 2.09. The molecule has 0 unspecified atom stereocenters. The molecular weight excluding hydrogens is 256 g/mol. The van der Waals surface area contributed by atoms with Crippen LogP contribution in [-0.2, 0) is 0 Å². The smallest absolute Gasteiger partial charge is 0.0128 e. The molecule has 0 fully saturated rings. The number of rotatable bonds is 17. The summed E-state index contributed by atoms with van der Waals surface area (Å²) >= 11 is 0. The summed E-state index contributed by atoms with van der Waals surface area (Å²) in [7, 11) is 0. The van der Waals surface area contributed by atoms with E-state index in [4.69, 9.17) is 5.84 Å². The number of hydrogen-bond donors (Lipinski definition) is 1. The lowest BCUT2D eigenvalue weighted by Crippen LogP contribution is -2.32. The maximum Gasteiger partial charge on any atom is 0.0128 e. The van der Waals surface area contributed by atoms with Crippen LogP contribution in [0.1, 0.15) is 110 Å². The number of hydrazine groups is 1. The Bertz CT molecular complexity index is 182. The summed E-state index contributed by atoms with van der Waals surface area (Å²) in [6, 6.07) is 0. The van der Waals surface area contributed by atoms with Gasteiger partial charge in [-0.3, -0.25) is 5.84 Å². The molecule has 0 spiro atoms. The van der Waals surface area contributed by atoms with Crippen molar-refractivity contribution in [2.24, 2.45) is 5.84 Å². The Morgan fingerprint density at radius 1 is 0.476 bits per heavy atom. The molecule has 128 valence electrons. The van der Waals surface area contributed by atoms with Gasteiger partial charge in [-0.15, -0.1) is 0 Å². The van der Waals surface area contributed by atoms with E-state index in [1.807, 2.05) is 5.01 Å². The number of nitrogens with two attached hydrogens (primary N) is 1. The molecule has 0 atom stereocenters. The predicted octanol–water partition coefficient (Wildman–Crippen LogP) is 6.05. The van der Waals surface area contributed by atoms with Gasteiger partial charge in [0.15, 0.2) is 0 Å². The van der Waals surface area contributed by atoms with E-state index in [0.29, 0.717) is 0 Å². The van der Waals surface area contributed by atoms with Crippen molar-refractivity contribution in [2.45, 2.75) is 110 Å². The Balaban J connectivity index is 3.11. The van der Waals surface area contributed by atoms with E-state index in [9.17, 15) is 0 Å². The lowest BCUT2D eigenvalue weighted by molar-refractivity contribution is 0.268. The summed E-state index contributed by atoms with van der Waals surface area (Å²) in [5.41, 5.74) is 0. The Morgan fingerprint density at radius 2 is 0.762 bits per heavy atom. The van der Waals surface area contributed by atoms with E-state index in [-0.39, 0.29) is 0 Å². The van der Waals surface area contributed by atoms with Gasteiger partial charge in [0.25, 0.3) is 0 Å². The molecule has 0 radical (unpaired) electrons. The molecule has 0 rings (SSSR count). The van der Waals surface area contributed by atoms with Crippen LogP contribution in [0.2, 0.25) is 0 Å². The maximum atomic E-state index is 6.05. The first-order valence-corrected chi connectivity index (χ1v) is 9.80. The highest BCUT2D eigenvalue weighted by molar-refractivity contribution is 4.53. The third kappa shape index (κ3) is 17.9. The summed E-state index contributed by atoms with van der Waals surface area (Å²) < 4.78 is 0. The van der Waals surface area contributed by atoms with Gasteiger partial charge < -0.3 is 0 Å². The largest absolute Gasteiger partial charge is 0.269 e. The first-order chi connectivity index (χ1) is 10.3. The standard InChI is InChI=1S/C19H42N2/c1-3-5-7-9-11-13-15-17-19-21(20)18-16-14-12-10-8-6-4-2/h3-20H2,1-2H3. The molecule has 0 aromatic rings. The lowest BCUT2D eigenvalue weighted by atomic mass is 10.1. The van der Waals surface area contributed by atoms with Crippen LogP contribution < -0.4 is 5.84 Å². The van der Waals surface area contributed by atoms with Crippen LogP contribution in [0.4, 0.5) is 0 Å². The topological polar surface area (TPSA) is 29.3 Å². The van der Waals surface area contributed by atoms with Crippen molar-refractivity contribution >= 4 is 0 Å². The quantitative estimate of drug-likeness (QED) is 0.201. The average Bonchev–Trinajstić information content (AvgIpc) is 2.49. The van der Waals surface area contributed by atoms with Crippen molar-refractivity contribution in [3.05, 3.63) is 0 Å². The molecule has 2 N–H and O–H groups in total. The van der Waals surface area contributed by atoms with E-state index in [1.165, 1.54) is 96.3 Å². The minimum Gasteiger partial charge on any atom is -0.269 e. The van der Waals surface area contributed by atoms with Crippen molar-refractivity contribution in [2.75, 3.05) is 13.1 Å². The van der Waals surface area contributed by atoms with Gasteiger partial charge in [-0.2, -0.15) is 0 Å². The Morgan fingerprint density at radius 3 is 1.10 bits per heavy atom. The van der Waals surface area contributed by atoms with Crippen LogP contribution in [0, 0.1) is 0 Å². The molecule has 0 saturated heterocycles. The van der Waals surface area contributed by atoms with Crippen LogP contribution >= 0.6 is 0 Å². The molecule has 0 aromatic heterocycles. The van der Waals surface area contributed by atoms with Gasteiger partial charge in [0, 0.05) is 13.1 Å². The summed E-state index contributed by atoms with van der Waals surface area (Å²) in [5.74, 6) is 6.05. The molecule has 2 nitrogen and oxygen atoms in total. The predicted molar refractivity (Wildman–Crippen MR) is 96.4 cm³/mol. The van der Waals surface area contributed by atoms with E-state index >= 15 is 0 Å². The van der Waals surface area contributed by atoms with Gasteiger partial charge in [-0.25, -0.2) is 5.01 Å². The molecule has 0 bridgehead atoms. The zero-order chi connectivity index (χ0) is 15.6. The van der Waals surface area contributed by atoms with Crippen molar-refractivity contribution in [3.8, 4) is 0 Å². The van der Waals surface area contributed by atoms with Crippen molar-refractivity contribution in [1.82, 2.24) is 5.01 Å². The highest BCUT2D eigenvalue weighted by atomic mass is 15.4. The van der Waals surface area contributed by atoms with E-state index in [2.05, 4.69) is 13.8 Å². The highest BCUT2D eigenvalue weighted by Gasteiger charge is 1.99. The first-order valence-electron chi connectivity index (χ1n) is 9.80. The molecule has 0 aliphatic heterocycles. The van der Waals surface area contributed by atoms with E-state index in [0.717, 1.165) is 13.1 Å². The van der Waals surface area contributed by atoms with Crippen molar-refractivity contribution in [3.63, 3.8) is 0 Å². The first kappa shape index (κ1) is 20.9. The number of hydrogen-bond acceptors (Lipinski definition) is 2. The van der Waals surface area contributed by atoms with Crippen LogP contribution in [0.5, 0.6) is 0 Å². The van der Waals surface area contributed by atoms with Crippen LogP contribution in [-0.4, -0.2) is 18.1 Å². The minimum atomic E-state index is 1.09. The second-order valence-corrected chi connectivity index (χ2v) is 6.63. The molecule has 0 aliphatic carbocycles. The minimum absolute atomic E-state index is 1.09. The monoisotopic (exact) mass is 298 g/mol. The zero-order valence-electron chi connectivity index (χ0n) is 15.0. The maximum absolute atomic E-state index is 6.05. The second kappa shape index (κ2) is 18.0. The fourth-order valence-corrected chi connectivity index (χ4v) is 2.83. The average molecular weight is 299 g/mol. The third-order valence-electron chi connectivity index (χ3n) is 4.35. The molecule has 21 heavy (non-hydrogen) atoms. The number of nitrogens with zero attached hydrogens (tertiary/aromatic N) is 1. The molecule has 0 aliphatic rings. The van der Waals surface area contributed by atoms with Gasteiger partial charge >= 0.3 is 0 Å². The third-order valence-corrected chi connectivity index (χ3v) is 4.35. The van der Waals surface area contributed by atoms with Gasteiger partial charge in [0.05, 0.1) is 0 Å². The molecule has 0 heterocycles. The molecule has 2 heteroatoms. The summed E-state index contributed by atoms with van der Waals surface area (Å²) in [4.78, 5) is 0. The van der Waals surface area contributed by atoms with Crippen LogP contribution in [0.25, 0.3) is 0 Å². The Labute approximate surface area is 134 Å². The van der Waals surface area contributed by atoms with Gasteiger partial charge in [0.1, 0.15) is 0 Å². The Kier molecular flexibility index (Phi) is 17.9. The summed E-state index contributed by atoms with van der Waals surface area (Å²) in [6.45, 7) is 6.73. The molecule has 0 saturated carbocycles. The fraction of sp³-hybridized carbons (Fsp3) is 1.00. The van der Waals surface area contributed by atoms with E-state index in [1.54, 1.807) is 0 Å². The van der Waals surface area contributed by atoms with Gasteiger partial charge in [0.2, 0.25) is 0 Å². The molecular formula is C19H42N2. The van der Waals surface area contributed by atoms with Gasteiger partial charge in [-0.1, -0.05) is 97.3 Å². The molecule has 0 amide bonds. The van der Waals surface area contributed by atoms with Crippen LogP contribution in [0.3, 0.4) is 0 Å². The SMILES string of the molecule is CCCCCCCCCCN(N)CCCCCCCCC. The van der Waals surface area contributed by atoms with Crippen molar-refractivity contribution in [1.29, 1.82) is 0 Å². The number of unbranched alkanes of at least 4 members (excludes halogenated alkanes) is 13. The van der Waals surface area contributed by atoms with E-state index < -0.39 is 0 Å². The normalized spacial score (nSPS) is 11.4. The van der Waals surface area contributed by atoms with Crippen LogP contribution in [0.15, 0.2) is 0 Å².